The average molecular weight is 483 g/mol. The number of hydrogen-bond acceptors (Lipinski definition) is 5. The van der Waals surface area contributed by atoms with Gasteiger partial charge in [-0.15, -0.1) is 0 Å². The first-order valence-electron chi connectivity index (χ1n) is 9.46. The smallest absolute Gasteiger partial charge is 0.294 e. The van der Waals surface area contributed by atoms with Gasteiger partial charge in [0, 0.05) is 29.4 Å². The minimum absolute atomic E-state index is 0.140. The maximum absolute atomic E-state index is 11.8. The molecule has 1 aliphatic heterocycles. The van der Waals surface area contributed by atoms with Crippen LogP contribution in [0.3, 0.4) is 0 Å². The first-order valence-corrected chi connectivity index (χ1v) is 11.7. The second-order valence-electron chi connectivity index (χ2n) is 7.45. The van der Waals surface area contributed by atoms with E-state index in [0.29, 0.717) is 21.2 Å². The van der Waals surface area contributed by atoms with Crippen LogP contribution in [0.5, 0.6) is 0 Å². The molecular formula is C21H20Cl2N2O5S. The molecule has 0 saturated carbocycles. The van der Waals surface area contributed by atoms with Crippen LogP contribution in [-0.2, 0) is 38.3 Å². The van der Waals surface area contributed by atoms with Gasteiger partial charge in [-0.3, -0.25) is 4.55 Å². The summed E-state index contributed by atoms with van der Waals surface area (Å²) in [6.07, 6.45) is 4.82. The molecule has 31 heavy (non-hydrogen) atoms. The number of aromatic nitrogens is 2. The zero-order chi connectivity index (χ0) is 22.2. The highest BCUT2D eigenvalue weighted by Crippen LogP contribution is 2.41. The van der Waals surface area contributed by atoms with E-state index in [1.807, 2.05) is 11.5 Å². The largest absolute Gasteiger partial charge is 0.342 e. The first kappa shape index (κ1) is 22.3. The van der Waals surface area contributed by atoms with Crippen LogP contribution in [0.4, 0.5) is 0 Å². The molecule has 10 heteroatoms. The fourth-order valence-corrected chi connectivity index (χ4v) is 5.02. The third-order valence-corrected chi connectivity index (χ3v) is 6.59. The lowest BCUT2D eigenvalue weighted by molar-refractivity contribution is -0.186. The van der Waals surface area contributed by atoms with E-state index in [1.165, 1.54) is 6.07 Å². The number of aryl methyl sites for hydroxylation is 1. The Hall–Kier alpha value is -1.94. The predicted molar refractivity (Wildman–Crippen MR) is 116 cm³/mol. The van der Waals surface area contributed by atoms with Crippen LogP contribution < -0.4 is 0 Å². The molecule has 3 aromatic rings. The van der Waals surface area contributed by atoms with Crippen LogP contribution in [0.25, 0.3) is 0 Å². The van der Waals surface area contributed by atoms with Gasteiger partial charge in [-0.05, 0) is 30.7 Å². The number of ether oxygens (including phenoxy) is 2. The van der Waals surface area contributed by atoms with Crippen molar-refractivity contribution >= 4 is 33.3 Å². The summed E-state index contributed by atoms with van der Waals surface area (Å²) in [4.78, 5) is 3.92. The summed E-state index contributed by atoms with van der Waals surface area (Å²) in [5.74, 6) is -1.21. The van der Waals surface area contributed by atoms with Gasteiger partial charge in [0.15, 0.2) is 0 Å². The highest BCUT2D eigenvalue weighted by Gasteiger charge is 2.45. The topological polar surface area (TPSA) is 90.7 Å². The van der Waals surface area contributed by atoms with Crippen molar-refractivity contribution in [3.63, 3.8) is 0 Å². The predicted octanol–water partition coefficient (Wildman–Crippen LogP) is 4.26. The van der Waals surface area contributed by atoms with Crippen LogP contribution in [0.15, 0.2) is 60.0 Å². The molecule has 1 fully saturated rings. The number of rotatable bonds is 6. The minimum Gasteiger partial charge on any atom is -0.342 e. The number of halogens is 2. The molecule has 2 atom stereocenters. The van der Waals surface area contributed by atoms with Gasteiger partial charge in [-0.25, -0.2) is 4.98 Å². The fraction of sp³-hybridized carbons (Fsp3) is 0.286. The molecule has 2 unspecified atom stereocenters. The normalized spacial score (nSPS) is 21.5. The molecule has 0 aliphatic carbocycles. The molecule has 4 rings (SSSR count). The van der Waals surface area contributed by atoms with Gasteiger partial charge < -0.3 is 14.0 Å². The summed E-state index contributed by atoms with van der Waals surface area (Å²) in [6.45, 7) is 2.33. The highest BCUT2D eigenvalue weighted by molar-refractivity contribution is 7.85. The minimum atomic E-state index is -4.37. The van der Waals surface area contributed by atoms with E-state index in [2.05, 4.69) is 4.98 Å². The second kappa shape index (κ2) is 8.54. The number of nitrogens with zero attached hydrogens (tertiary/aromatic N) is 2. The van der Waals surface area contributed by atoms with Crippen molar-refractivity contribution in [3.8, 4) is 0 Å². The summed E-state index contributed by atoms with van der Waals surface area (Å²) in [5.41, 5.74) is 1.93. The fourth-order valence-electron chi connectivity index (χ4n) is 3.76. The lowest BCUT2D eigenvalue weighted by Gasteiger charge is -2.30. The number of benzene rings is 2. The van der Waals surface area contributed by atoms with Crippen molar-refractivity contribution in [1.82, 2.24) is 9.55 Å². The van der Waals surface area contributed by atoms with Crippen LogP contribution in [0, 0.1) is 6.92 Å². The van der Waals surface area contributed by atoms with Crippen LogP contribution >= 0.6 is 23.2 Å². The first-order chi connectivity index (χ1) is 14.7. The van der Waals surface area contributed by atoms with Gasteiger partial charge in [0.1, 0.15) is 0 Å². The van der Waals surface area contributed by atoms with Crippen molar-refractivity contribution in [2.24, 2.45) is 0 Å². The van der Waals surface area contributed by atoms with Crippen molar-refractivity contribution in [1.29, 1.82) is 0 Å². The Kier molecular flexibility index (Phi) is 6.13. The molecule has 1 aliphatic rings. The molecule has 2 aromatic carbocycles. The maximum Gasteiger partial charge on any atom is 0.294 e. The summed E-state index contributed by atoms with van der Waals surface area (Å²) >= 11 is 12.5. The number of hydrogen-bond donors (Lipinski definition) is 1. The molecule has 0 radical (unpaired) electrons. The third-order valence-electron chi connectivity index (χ3n) is 5.09. The van der Waals surface area contributed by atoms with E-state index >= 15 is 0 Å². The molecule has 0 amide bonds. The Labute approximate surface area is 190 Å². The van der Waals surface area contributed by atoms with Crippen LogP contribution in [0.1, 0.15) is 16.7 Å². The molecule has 2 heterocycles. The Balaban J connectivity index is 1.68. The van der Waals surface area contributed by atoms with Crippen LogP contribution in [-0.4, -0.2) is 35.2 Å². The second-order valence-corrected chi connectivity index (χ2v) is 9.69. The van der Waals surface area contributed by atoms with Crippen molar-refractivity contribution in [3.05, 3.63) is 81.9 Å². The van der Waals surface area contributed by atoms with Gasteiger partial charge in [0.2, 0.25) is 5.79 Å². The lowest BCUT2D eigenvalue weighted by Crippen LogP contribution is -2.34. The van der Waals surface area contributed by atoms with Crippen molar-refractivity contribution in [2.75, 3.05) is 6.61 Å². The zero-order valence-electron chi connectivity index (χ0n) is 16.5. The third kappa shape index (κ3) is 4.79. The molecular weight excluding hydrogens is 463 g/mol. The quantitative estimate of drug-likeness (QED) is 0.527. The molecule has 7 nitrogen and oxygen atoms in total. The molecule has 1 saturated heterocycles. The lowest BCUT2D eigenvalue weighted by atomic mass is 10.0. The summed E-state index contributed by atoms with van der Waals surface area (Å²) in [7, 11) is -4.37. The Morgan fingerprint density at radius 1 is 1.26 bits per heavy atom. The SMILES string of the molecule is Cc1ccc(S(=O)(=O)O)c(CC2COC(Cn3ccnc3)(c3ccc(Cl)cc3Cl)O2)c1. The van der Waals surface area contributed by atoms with Crippen LogP contribution in [0.2, 0.25) is 10.0 Å². The van der Waals surface area contributed by atoms with E-state index in [1.54, 1.807) is 49.1 Å². The zero-order valence-corrected chi connectivity index (χ0v) is 18.9. The Morgan fingerprint density at radius 3 is 2.74 bits per heavy atom. The molecule has 1 aromatic heterocycles. The Morgan fingerprint density at radius 2 is 2.06 bits per heavy atom. The van der Waals surface area contributed by atoms with Gasteiger partial charge in [-0.1, -0.05) is 47.0 Å². The average Bonchev–Trinajstić information content (AvgIpc) is 3.31. The summed E-state index contributed by atoms with van der Waals surface area (Å²) < 4.78 is 47.6. The van der Waals surface area contributed by atoms with Gasteiger partial charge >= 0.3 is 0 Å². The molecule has 164 valence electrons. The van der Waals surface area contributed by atoms with E-state index in [-0.39, 0.29) is 24.5 Å². The van der Waals surface area contributed by atoms with Gasteiger partial charge in [-0.2, -0.15) is 8.42 Å². The Bertz CT molecular complexity index is 1200. The van der Waals surface area contributed by atoms with Gasteiger partial charge in [0.05, 0.1) is 35.5 Å². The summed E-state index contributed by atoms with van der Waals surface area (Å²) in [5, 5.41) is 0.876. The van der Waals surface area contributed by atoms with Crippen molar-refractivity contribution < 1.29 is 22.4 Å². The van der Waals surface area contributed by atoms with E-state index < -0.39 is 22.0 Å². The van der Waals surface area contributed by atoms with E-state index in [4.69, 9.17) is 32.7 Å². The maximum atomic E-state index is 11.8. The number of imidazole rings is 1. The molecule has 0 spiro atoms. The van der Waals surface area contributed by atoms with Crippen molar-refractivity contribution in [2.45, 2.75) is 36.7 Å². The highest BCUT2D eigenvalue weighted by atomic mass is 35.5. The van der Waals surface area contributed by atoms with E-state index in [0.717, 1.165) is 5.56 Å². The summed E-state index contributed by atoms with van der Waals surface area (Å²) in [6, 6.07) is 9.82. The molecule has 0 bridgehead atoms. The van der Waals surface area contributed by atoms with Gasteiger partial charge in [0.25, 0.3) is 10.1 Å². The monoisotopic (exact) mass is 482 g/mol. The van der Waals surface area contributed by atoms with E-state index in [9.17, 15) is 13.0 Å². The standard InChI is InChI=1S/C21H20Cl2N2O5S/c1-14-2-5-20(31(26,27)28)15(8-14)9-17-11-29-21(30-17,12-25-7-6-24-13-25)18-4-3-16(22)10-19(18)23/h2-8,10,13,17H,9,11-12H2,1H3,(H,26,27,28). The molecule has 1 N–H and O–H groups in total.